The van der Waals surface area contributed by atoms with E-state index < -0.39 is 0 Å². The molecular formula is C24H29N7O. The van der Waals surface area contributed by atoms with Gasteiger partial charge in [0.05, 0.1) is 0 Å². The molecule has 8 heteroatoms. The molecule has 0 unspecified atom stereocenters. The number of amides is 1. The van der Waals surface area contributed by atoms with E-state index in [2.05, 4.69) is 30.4 Å². The summed E-state index contributed by atoms with van der Waals surface area (Å²) in [6, 6.07) is 9.94. The van der Waals surface area contributed by atoms with Gasteiger partial charge in [0, 0.05) is 37.0 Å². The second-order valence-corrected chi connectivity index (χ2v) is 8.95. The number of hydrogen-bond donors (Lipinski definition) is 1. The molecule has 1 aromatic carbocycles. The molecule has 2 saturated carbocycles. The van der Waals surface area contributed by atoms with Crippen LogP contribution in [0.5, 0.6) is 0 Å². The van der Waals surface area contributed by atoms with E-state index >= 15 is 0 Å². The number of anilines is 2. The van der Waals surface area contributed by atoms with E-state index in [-0.39, 0.29) is 5.91 Å². The van der Waals surface area contributed by atoms with Crippen molar-refractivity contribution in [3.05, 3.63) is 48.7 Å². The second-order valence-electron chi connectivity index (χ2n) is 8.95. The van der Waals surface area contributed by atoms with Crippen molar-refractivity contribution < 1.29 is 4.79 Å². The van der Waals surface area contributed by atoms with E-state index in [0.717, 1.165) is 29.7 Å². The predicted octanol–water partition coefficient (Wildman–Crippen LogP) is 4.07. The van der Waals surface area contributed by atoms with Crippen LogP contribution < -0.4 is 10.2 Å². The van der Waals surface area contributed by atoms with Crippen molar-refractivity contribution in [3.63, 3.8) is 0 Å². The summed E-state index contributed by atoms with van der Waals surface area (Å²) in [5.74, 6) is 2.19. The summed E-state index contributed by atoms with van der Waals surface area (Å²) in [6.07, 6.45) is 12.1. The van der Waals surface area contributed by atoms with Gasteiger partial charge in [-0.2, -0.15) is 0 Å². The van der Waals surface area contributed by atoms with Crippen LogP contribution >= 0.6 is 0 Å². The lowest BCUT2D eigenvalue weighted by atomic mass is 9.94. The fraction of sp³-hybridized carbons (Fsp3) is 0.458. The van der Waals surface area contributed by atoms with Gasteiger partial charge < -0.3 is 14.8 Å². The Morgan fingerprint density at radius 3 is 2.56 bits per heavy atom. The van der Waals surface area contributed by atoms with Crippen LogP contribution in [0.2, 0.25) is 0 Å². The molecule has 2 fully saturated rings. The molecule has 8 nitrogen and oxygen atoms in total. The Morgan fingerprint density at radius 1 is 1.09 bits per heavy atom. The summed E-state index contributed by atoms with van der Waals surface area (Å²) < 4.78 is 1.86. The first kappa shape index (κ1) is 20.6. The van der Waals surface area contributed by atoms with Gasteiger partial charge in [-0.1, -0.05) is 19.3 Å². The lowest BCUT2D eigenvalue weighted by Gasteiger charge is -2.35. The Bertz CT molecular complexity index is 1070. The summed E-state index contributed by atoms with van der Waals surface area (Å²) in [6.45, 7) is 1.03. The quantitative estimate of drug-likeness (QED) is 0.607. The minimum Gasteiger partial charge on any atom is -0.353 e. The van der Waals surface area contributed by atoms with E-state index in [0.29, 0.717) is 17.4 Å². The topological polar surface area (TPSA) is 88.8 Å². The van der Waals surface area contributed by atoms with Crippen LogP contribution in [0.4, 0.5) is 11.5 Å². The van der Waals surface area contributed by atoms with Crippen LogP contribution in [-0.2, 0) is 7.05 Å². The zero-order valence-corrected chi connectivity index (χ0v) is 18.4. The largest absolute Gasteiger partial charge is 0.353 e. The first-order chi connectivity index (χ1) is 15.7. The van der Waals surface area contributed by atoms with Gasteiger partial charge in [0.15, 0.2) is 5.82 Å². The number of nitrogens with one attached hydrogen (secondary N) is 1. The number of aryl methyl sites for hydroxylation is 1. The third kappa shape index (κ3) is 4.64. The van der Waals surface area contributed by atoms with Gasteiger partial charge >= 0.3 is 0 Å². The summed E-state index contributed by atoms with van der Waals surface area (Å²) in [5.41, 5.74) is 2.04. The number of benzene rings is 1. The molecule has 2 aromatic heterocycles. The van der Waals surface area contributed by atoms with E-state index in [9.17, 15) is 4.79 Å². The number of rotatable bonds is 7. The SMILES string of the molecule is Cn1cnnc1-c1ccc(NC(=O)c2cc(N(CC3CC3)C3CCCCC3)ncn2)cc1. The summed E-state index contributed by atoms with van der Waals surface area (Å²) in [5, 5.41) is 11.0. The Hall–Kier alpha value is -3.29. The molecule has 32 heavy (non-hydrogen) atoms. The summed E-state index contributed by atoms with van der Waals surface area (Å²) in [4.78, 5) is 24.2. The van der Waals surface area contributed by atoms with Gasteiger partial charge in [-0.05, 0) is 55.9 Å². The molecule has 0 aliphatic heterocycles. The average molecular weight is 432 g/mol. The number of hydrogen-bond acceptors (Lipinski definition) is 6. The normalized spacial score (nSPS) is 16.7. The van der Waals surface area contributed by atoms with Crippen molar-refractivity contribution in [1.29, 1.82) is 0 Å². The van der Waals surface area contributed by atoms with Gasteiger partial charge in [-0.25, -0.2) is 9.97 Å². The zero-order valence-electron chi connectivity index (χ0n) is 18.4. The summed E-state index contributed by atoms with van der Waals surface area (Å²) >= 11 is 0. The van der Waals surface area contributed by atoms with Crippen molar-refractivity contribution in [2.24, 2.45) is 13.0 Å². The molecule has 0 radical (unpaired) electrons. The maximum absolute atomic E-state index is 12.9. The highest BCUT2D eigenvalue weighted by Crippen LogP contribution is 2.34. The lowest BCUT2D eigenvalue weighted by molar-refractivity contribution is 0.102. The van der Waals surface area contributed by atoms with Crippen LogP contribution in [0.15, 0.2) is 43.0 Å². The Balaban J connectivity index is 1.30. The molecule has 0 saturated heterocycles. The highest BCUT2D eigenvalue weighted by Gasteiger charge is 2.30. The van der Waals surface area contributed by atoms with Gasteiger partial charge in [0.1, 0.15) is 24.2 Å². The van der Waals surface area contributed by atoms with Crippen molar-refractivity contribution in [3.8, 4) is 11.4 Å². The van der Waals surface area contributed by atoms with Crippen molar-refractivity contribution in [1.82, 2.24) is 24.7 Å². The molecule has 0 bridgehead atoms. The zero-order chi connectivity index (χ0) is 21.9. The predicted molar refractivity (Wildman–Crippen MR) is 123 cm³/mol. The van der Waals surface area contributed by atoms with Gasteiger partial charge in [0.2, 0.25) is 0 Å². The Labute approximate surface area is 188 Å². The maximum atomic E-state index is 12.9. The molecule has 0 atom stereocenters. The number of aromatic nitrogens is 5. The van der Waals surface area contributed by atoms with Crippen LogP contribution in [0.3, 0.4) is 0 Å². The third-order valence-corrected chi connectivity index (χ3v) is 6.46. The average Bonchev–Trinajstić information content (AvgIpc) is 3.56. The number of carbonyl (C=O) groups is 1. The van der Waals surface area contributed by atoms with E-state index in [1.54, 1.807) is 6.33 Å². The van der Waals surface area contributed by atoms with Crippen LogP contribution in [0.1, 0.15) is 55.4 Å². The monoisotopic (exact) mass is 431 g/mol. The van der Waals surface area contributed by atoms with Crippen LogP contribution in [0, 0.1) is 5.92 Å². The summed E-state index contributed by atoms with van der Waals surface area (Å²) in [7, 11) is 1.90. The third-order valence-electron chi connectivity index (χ3n) is 6.46. The first-order valence-corrected chi connectivity index (χ1v) is 11.5. The highest BCUT2D eigenvalue weighted by molar-refractivity contribution is 6.03. The van der Waals surface area contributed by atoms with Crippen molar-refractivity contribution >= 4 is 17.4 Å². The van der Waals surface area contributed by atoms with E-state index in [1.165, 1.54) is 51.3 Å². The molecule has 166 valence electrons. The van der Waals surface area contributed by atoms with Crippen molar-refractivity contribution in [2.45, 2.75) is 51.0 Å². The molecule has 5 rings (SSSR count). The van der Waals surface area contributed by atoms with E-state index in [4.69, 9.17) is 0 Å². The number of nitrogens with zero attached hydrogens (tertiary/aromatic N) is 6. The highest BCUT2D eigenvalue weighted by atomic mass is 16.1. The molecule has 2 heterocycles. The lowest BCUT2D eigenvalue weighted by Crippen LogP contribution is -2.39. The second kappa shape index (κ2) is 9.06. The first-order valence-electron chi connectivity index (χ1n) is 11.5. The fourth-order valence-electron chi connectivity index (χ4n) is 4.47. The van der Waals surface area contributed by atoms with Crippen LogP contribution in [0.25, 0.3) is 11.4 Å². The minimum atomic E-state index is -0.227. The van der Waals surface area contributed by atoms with Crippen molar-refractivity contribution in [2.75, 3.05) is 16.8 Å². The van der Waals surface area contributed by atoms with Gasteiger partial charge in [-0.3, -0.25) is 4.79 Å². The Kier molecular flexibility index (Phi) is 5.83. The van der Waals surface area contributed by atoms with Crippen LogP contribution in [-0.4, -0.2) is 43.2 Å². The van der Waals surface area contributed by atoms with E-state index in [1.807, 2.05) is 41.9 Å². The molecule has 3 aromatic rings. The molecule has 0 spiro atoms. The molecule has 1 amide bonds. The maximum Gasteiger partial charge on any atom is 0.274 e. The Morgan fingerprint density at radius 2 is 1.88 bits per heavy atom. The molecular weight excluding hydrogens is 402 g/mol. The smallest absolute Gasteiger partial charge is 0.274 e. The molecule has 1 N–H and O–H groups in total. The fourth-order valence-corrected chi connectivity index (χ4v) is 4.47. The number of carbonyl (C=O) groups excluding carboxylic acids is 1. The molecule has 2 aliphatic rings. The van der Waals surface area contributed by atoms with Gasteiger partial charge in [0.25, 0.3) is 5.91 Å². The minimum absolute atomic E-state index is 0.227. The van der Waals surface area contributed by atoms with Gasteiger partial charge in [-0.15, -0.1) is 10.2 Å². The molecule has 2 aliphatic carbocycles. The standard InChI is InChI=1S/C24H29N7O/c1-30-16-27-29-23(30)18-9-11-19(12-10-18)28-24(32)21-13-22(26-15-25-21)31(14-17-7-8-17)20-5-3-2-4-6-20/h9-13,15-17,20H,2-8,14H2,1H3,(H,28,32).